The minimum absolute atomic E-state index is 0.301. The Balaban J connectivity index is 2.21. The van der Waals surface area contributed by atoms with Crippen molar-refractivity contribution in [2.75, 3.05) is 0 Å². The molecule has 0 saturated carbocycles. The lowest BCUT2D eigenvalue weighted by Crippen LogP contribution is -1.99. The molecule has 0 aliphatic heterocycles. The molecule has 3 aromatic rings. The van der Waals surface area contributed by atoms with Crippen molar-refractivity contribution in [1.82, 2.24) is 9.55 Å². The van der Waals surface area contributed by atoms with E-state index in [4.69, 9.17) is 0 Å². The van der Waals surface area contributed by atoms with Crippen molar-refractivity contribution in [3.8, 4) is 23.0 Å². The molecule has 96 valence electrons. The lowest BCUT2D eigenvalue weighted by atomic mass is 10.2. The summed E-state index contributed by atoms with van der Waals surface area (Å²) in [5, 5.41) is 9.24. The molecule has 0 amide bonds. The molecule has 3 rings (SSSR count). The van der Waals surface area contributed by atoms with Crippen molar-refractivity contribution < 1.29 is 4.39 Å². The number of benzene rings is 1. The highest BCUT2D eigenvalue weighted by molar-refractivity contribution is 5.64. The highest BCUT2D eigenvalue weighted by Crippen LogP contribution is 2.26. The van der Waals surface area contributed by atoms with Crippen LogP contribution in [0.25, 0.3) is 16.9 Å². The van der Waals surface area contributed by atoms with E-state index in [1.54, 1.807) is 35.2 Å². The van der Waals surface area contributed by atoms with Crippen LogP contribution in [0.1, 0.15) is 5.69 Å². The number of aromatic nitrogens is 2. The Morgan fingerprint density at radius 3 is 2.30 bits per heavy atom. The van der Waals surface area contributed by atoms with Crippen molar-refractivity contribution in [3.05, 3.63) is 72.4 Å². The van der Waals surface area contributed by atoms with Crippen LogP contribution in [0.2, 0.25) is 0 Å². The fraction of sp³-hybridized carbons (Fsp3) is 0. The van der Waals surface area contributed by atoms with Gasteiger partial charge in [0.05, 0.1) is 5.69 Å². The average Bonchev–Trinajstić information content (AvgIpc) is 2.93. The van der Waals surface area contributed by atoms with E-state index in [-0.39, 0.29) is 5.82 Å². The lowest BCUT2D eigenvalue weighted by molar-refractivity contribution is 0.627. The first kappa shape index (κ1) is 12.1. The molecule has 0 radical (unpaired) electrons. The molecule has 1 aromatic carbocycles. The standard InChI is InChI=1S/C16H10FN3/c17-13-1-3-14(4-2-13)20-15(11-18)5-6-16(20)12-7-9-19-10-8-12/h1-10H. The van der Waals surface area contributed by atoms with Gasteiger partial charge in [-0.3, -0.25) is 4.98 Å². The molecule has 2 heterocycles. The summed E-state index contributed by atoms with van der Waals surface area (Å²) in [5.41, 5.74) is 3.07. The van der Waals surface area contributed by atoms with Gasteiger partial charge in [0.2, 0.25) is 0 Å². The fourth-order valence-corrected chi connectivity index (χ4v) is 2.14. The van der Waals surface area contributed by atoms with E-state index in [9.17, 15) is 9.65 Å². The van der Waals surface area contributed by atoms with Crippen LogP contribution in [0.4, 0.5) is 4.39 Å². The zero-order valence-electron chi connectivity index (χ0n) is 10.5. The van der Waals surface area contributed by atoms with Gasteiger partial charge in [-0.05, 0) is 48.5 Å². The number of pyridine rings is 1. The Morgan fingerprint density at radius 2 is 1.65 bits per heavy atom. The smallest absolute Gasteiger partial charge is 0.125 e. The van der Waals surface area contributed by atoms with Gasteiger partial charge in [0.1, 0.15) is 17.6 Å². The maximum absolute atomic E-state index is 13.1. The van der Waals surface area contributed by atoms with Gasteiger partial charge in [-0.15, -0.1) is 0 Å². The van der Waals surface area contributed by atoms with Crippen LogP contribution >= 0.6 is 0 Å². The SMILES string of the molecule is N#Cc1ccc(-c2ccncc2)n1-c1ccc(F)cc1. The molecule has 2 aromatic heterocycles. The highest BCUT2D eigenvalue weighted by atomic mass is 19.1. The minimum Gasteiger partial charge on any atom is -0.301 e. The molecular weight excluding hydrogens is 253 g/mol. The van der Waals surface area contributed by atoms with Gasteiger partial charge in [0, 0.05) is 23.6 Å². The van der Waals surface area contributed by atoms with Crippen LogP contribution < -0.4 is 0 Å². The first-order chi connectivity index (χ1) is 9.79. The molecule has 0 spiro atoms. The maximum Gasteiger partial charge on any atom is 0.125 e. The van der Waals surface area contributed by atoms with E-state index in [0.29, 0.717) is 5.69 Å². The third-order valence-corrected chi connectivity index (χ3v) is 3.06. The topological polar surface area (TPSA) is 41.6 Å². The van der Waals surface area contributed by atoms with Crippen molar-refractivity contribution >= 4 is 0 Å². The monoisotopic (exact) mass is 263 g/mol. The van der Waals surface area contributed by atoms with E-state index >= 15 is 0 Å². The molecular formula is C16H10FN3. The Bertz CT molecular complexity index is 768. The number of nitrogens with zero attached hydrogens (tertiary/aromatic N) is 3. The van der Waals surface area contributed by atoms with Crippen LogP contribution in [0.3, 0.4) is 0 Å². The Morgan fingerprint density at radius 1 is 0.950 bits per heavy atom. The summed E-state index contributed by atoms with van der Waals surface area (Å²) in [4.78, 5) is 3.99. The van der Waals surface area contributed by atoms with Gasteiger partial charge in [0.25, 0.3) is 0 Å². The summed E-state index contributed by atoms with van der Waals surface area (Å²) in [5.74, 6) is -0.301. The summed E-state index contributed by atoms with van der Waals surface area (Å²) in [7, 11) is 0. The van der Waals surface area contributed by atoms with Crippen molar-refractivity contribution in [2.24, 2.45) is 0 Å². The van der Waals surface area contributed by atoms with E-state index < -0.39 is 0 Å². The Kier molecular flexibility index (Phi) is 3.02. The molecule has 3 nitrogen and oxygen atoms in total. The zero-order valence-corrected chi connectivity index (χ0v) is 10.5. The normalized spacial score (nSPS) is 10.2. The first-order valence-corrected chi connectivity index (χ1v) is 6.08. The van der Waals surface area contributed by atoms with Crippen LogP contribution in [0.15, 0.2) is 60.9 Å². The first-order valence-electron chi connectivity index (χ1n) is 6.08. The molecule has 0 saturated heterocycles. The molecule has 0 atom stereocenters. The van der Waals surface area contributed by atoms with Gasteiger partial charge in [0.15, 0.2) is 0 Å². The maximum atomic E-state index is 13.1. The fourth-order valence-electron chi connectivity index (χ4n) is 2.14. The predicted octanol–water partition coefficient (Wildman–Crippen LogP) is 3.55. The van der Waals surface area contributed by atoms with Crippen molar-refractivity contribution in [2.45, 2.75) is 0 Å². The summed E-state index contributed by atoms with van der Waals surface area (Å²) in [6, 6.07) is 15.6. The summed E-state index contributed by atoms with van der Waals surface area (Å²) < 4.78 is 14.9. The molecule has 0 bridgehead atoms. The third-order valence-electron chi connectivity index (χ3n) is 3.06. The van der Waals surface area contributed by atoms with Crippen LogP contribution in [-0.4, -0.2) is 9.55 Å². The number of halogens is 1. The Labute approximate surface area is 115 Å². The average molecular weight is 263 g/mol. The molecule has 0 aliphatic carbocycles. The number of hydrogen-bond donors (Lipinski definition) is 0. The van der Waals surface area contributed by atoms with E-state index in [0.717, 1.165) is 16.9 Å². The molecule has 20 heavy (non-hydrogen) atoms. The quantitative estimate of drug-likeness (QED) is 0.709. The summed E-state index contributed by atoms with van der Waals surface area (Å²) in [6.45, 7) is 0. The summed E-state index contributed by atoms with van der Waals surface area (Å²) in [6.07, 6.45) is 3.40. The van der Waals surface area contributed by atoms with Gasteiger partial charge < -0.3 is 4.57 Å². The number of rotatable bonds is 2. The molecule has 0 unspecified atom stereocenters. The largest absolute Gasteiger partial charge is 0.301 e. The highest BCUT2D eigenvalue weighted by Gasteiger charge is 2.11. The molecule has 0 aliphatic rings. The van der Waals surface area contributed by atoms with E-state index in [1.165, 1.54) is 12.1 Å². The third kappa shape index (κ3) is 2.06. The second-order valence-corrected chi connectivity index (χ2v) is 4.26. The van der Waals surface area contributed by atoms with E-state index in [1.807, 2.05) is 18.2 Å². The molecule has 0 fully saturated rings. The van der Waals surface area contributed by atoms with E-state index in [2.05, 4.69) is 11.1 Å². The van der Waals surface area contributed by atoms with Gasteiger partial charge in [-0.25, -0.2) is 4.39 Å². The molecule has 4 heteroatoms. The number of nitriles is 1. The minimum atomic E-state index is -0.301. The number of hydrogen-bond acceptors (Lipinski definition) is 2. The van der Waals surface area contributed by atoms with Crippen LogP contribution in [0.5, 0.6) is 0 Å². The second kappa shape index (κ2) is 4.98. The summed E-state index contributed by atoms with van der Waals surface area (Å²) >= 11 is 0. The van der Waals surface area contributed by atoms with Crippen molar-refractivity contribution in [1.29, 1.82) is 5.26 Å². The molecule has 0 N–H and O–H groups in total. The van der Waals surface area contributed by atoms with Crippen LogP contribution in [0, 0.1) is 17.1 Å². The zero-order chi connectivity index (χ0) is 13.9. The lowest BCUT2D eigenvalue weighted by Gasteiger charge is -2.10. The van der Waals surface area contributed by atoms with Crippen molar-refractivity contribution in [3.63, 3.8) is 0 Å². The van der Waals surface area contributed by atoms with Gasteiger partial charge in [-0.1, -0.05) is 0 Å². The Hall–Kier alpha value is -2.93. The predicted molar refractivity (Wildman–Crippen MR) is 73.7 cm³/mol. The van der Waals surface area contributed by atoms with Gasteiger partial charge in [-0.2, -0.15) is 5.26 Å². The second-order valence-electron chi connectivity index (χ2n) is 4.26. The van der Waals surface area contributed by atoms with Gasteiger partial charge >= 0.3 is 0 Å². The van der Waals surface area contributed by atoms with Crippen LogP contribution in [-0.2, 0) is 0 Å².